The predicted molar refractivity (Wildman–Crippen MR) is 116 cm³/mol. The van der Waals surface area contributed by atoms with Crippen LogP contribution in [0.3, 0.4) is 0 Å². The van der Waals surface area contributed by atoms with Gasteiger partial charge in [-0.1, -0.05) is 35.9 Å². The Morgan fingerprint density at radius 2 is 1.77 bits per heavy atom. The van der Waals surface area contributed by atoms with Gasteiger partial charge in [0.15, 0.2) is 0 Å². The summed E-state index contributed by atoms with van der Waals surface area (Å²) in [6.45, 7) is 0.580. The lowest BCUT2D eigenvalue weighted by molar-refractivity contribution is -0.116. The second-order valence-electron chi connectivity index (χ2n) is 6.47. The van der Waals surface area contributed by atoms with E-state index in [9.17, 15) is 13.2 Å². The van der Waals surface area contributed by atoms with Gasteiger partial charge in [0.2, 0.25) is 15.9 Å². The molecule has 0 aliphatic rings. The highest BCUT2D eigenvalue weighted by atomic mass is 35.5. The molecule has 1 aromatic heterocycles. The average molecular weight is 445 g/mol. The maximum absolute atomic E-state index is 12.3. The number of carbonyl (C=O) groups is 1. The molecule has 1 amide bonds. The first-order valence-electron chi connectivity index (χ1n) is 9.25. The summed E-state index contributed by atoms with van der Waals surface area (Å²) in [5.74, 6) is 0.306. The third-order valence-electron chi connectivity index (χ3n) is 4.26. The van der Waals surface area contributed by atoms with Crippen molar-refractivity contribution in [2.24, 2.45) is 0 Å². The van der Waals surface area contributed by atoms with Crippen LogP contribution in [0, 0.1) is 0 Å². The molecule has 0 fully saturated rings. The predicted octanol–water partition coefficient (Wildman–Crippen LogP) is 3.78. The van der Waals surface area contributed by atoms with E-state index in [1.165, 1.54) is 24.5 Å². The Morgan fingerprint density at radius 1 is 1.03 bits per heavy atom. The molecule has 3 aromatic rings. The van der Waals surface area contributed by atoms with Crippen molar-refractivity contribution in [1.82, 2.24) is 10.0 Å². The molecule has 0 atom stereocenters. The van der Waals surface area contributed by atoms with Crippen molar-refractivity contribution in [3.05, 3.63) is 94.9 Å². The van der Waals surface area contributed by atoms with Gasteiger partial charge in [0.25, 0.3) is 0 Å². The van der Waals surface area contributed by atoms with Gasteiger partial charge >= 0.3 is 0 Å². The molecular formula is C22H21ClN2O4S. The van der Waals surface area contributed by atoms with E-state index in [1.54, 1.807) is 30.3 Å². The number of sulfonamides is 1. The van der Waals surface area contributed by atoms with E-state index < -0.39 is 10.0 Å². The fourth-order valence-corrected chi connectivity index (χ4v) is 3.75. The van der Waals surface area contributed by atoms with Crippen molar-refractivity contribution in [2.45, 2.75) is 17.9 Å². The Labute approximate surface area is 180 Å². The maximum atomic E-state index is 12.3. The van der Waals surface area contributed by atoms with Crippen molar-refractivity contribution in [3.8, 4) is 0 Å². The normalized spacial score (nSPS) is 11.6. The Kier molecular flexibility index (Phi) is 7.46. The fourth-order valence-electron chi connectivity index (χ4n) is 2.63. The molecule has 1 heterocycles. The molecule has 0 aliphatic heterocycles. The second-order valence-corrected chi connectivity index (χ2v) is 8.68. The lowest BCUT2D eigenvalue weighted by atomic mass is 10.1. The Morgan fingerprint density at radius 3 is 2.43 bits per heavy atom. The minimum absolute atomic E-state index is 0.0766. The zero-order valence-corrected chi connectivity index (χ0v) is 17.6. The summed E-state index contributed by atoms with van der Waals surface area (Å²) in [4.78, 5) is 12.1. The molecule has 0 radical (unpaired) electrons. The second kappa shape index (κ2) is 10.2. The number of hydrogen-bond donors (Lipinski definition) is 2. The zero-order chi connectivity index (χ0) is 21.4. The van der Waals surface area contributed by atoms with Gasteiger partial charge < -0.3 is 9.73 Å². The average Bonchev–Trinajstić information content (AvgIpc) is 3.26. The highest BCUT2D eigenvalue weighted by Gasteiger charge is 2.13. The van der Waals surface area contributed by atoms with E-state index in [0.29, 0.717) is 29.3 Å². The molecule has 156 valence electrons. The molecule has 3 rings (SSSR count). The number of nitrogens with one attached hydrogen (secondary N) is 2. The van der Waals surface area contributed by atoms with E-state index in [1.807, 2.05) is 24.3 Å². The molecule has 8 heteroatoms. The molecule has 2 N–H and O–H groups in total. The van der Waals surface area contributed by atoms with Crippen LogP contribution in [0.4, 0.5) is 0 Å². The maximum Gasteiger partial charge on any atom is 0.244 e. The minimum Gasteiger partial charge on any atom is -0.468 e. The quantitative estimate of drug-likeness (QED) is 0.491. The number of furan rings is 1. The molecule has 0 bridgehead atoms. The summed E-state index contributed by atoms with van der Waals surface area (Å²) in [6, 6.07) is 17.1. The van der Waals surface area contributed by atoms with E-state index in [-0.39, 0.29) is 17.3 Å². The number of benzene rings is 2. The zero-order valence-electron chi connectivity index (χ0n) is 16.0. The van der Waals surface area contributed by atoms with E-state index in [4.69, 9.17) is 16.0 Å². The van der Waals surface area contributed by atoms with Gasteiger partial charge in [-0.25, -0.2) is 13.1 Å². The van der Waals surface area contributed by atoms with Crippen LogP contribution in [0.5, 0.6) is 0 Å². The third kappa shape index (κ3) is 6.59. The van der Waals surface area contributed by atoms with Crippen molar-refractivity contribution in [2.75, 3.05) is 6.54 Å². The number of halogens is 1. The third-order valence-corrected chi connectivity index (χ3v) is 5.93. The van der Waals surface area contributed by atoms with E-state index in [2.05, 4.69) is 10.0 Å². The van der Waals surface area contributed by atoms with Gasteiger partial charge in [-0.05, 0) is 60.0 Å². The summed E-state index contributed by atoms with van der Waals surface area (Å²) in [5.41, 5.74) is 1.80. The largest absolute Gasteiger partial charge is 0.468 e. The SMILES string of the molecule is O=C(/C=C/c1ccc(S(=O)(=O)NCc2ccco2)cc1)NCCc1ccc(Cl)cc1. The van der Waals surface area contributed by atoms with E-state index in [0.717, 1.165) is 5.56 Å². The standard InChI is InChI=1S/C22H21ClN2O4S/c23-19-8-3-18(4-9-19)13-14-24-22(26)12-7-17-5-10-21(11-6-17)30(27,28)25-16-20-2-1-15-29-20/h1-12,15,25H,13-14,16H2,(H,24,26)/b12-7+. The highest BCUT2D eigenvalue weighted by Crippen LogP contribution is 2.13. The molecule has 0 spiro atoms. The van der Waals surface area contributed by atoms with Crippen LogP contribution in [0.1, 0.15) is 16.9 Å². The molecule has 0 saturated heterocycles. The molecule has 6 nitrogen and oxygen atoms in total. The van der Waals surface area contributed by atoms with Crippen LogP contribution in [-0.4, -0.2) is 20.9 Å². The molecule has 0 aliphatic carbocycles. The van der Waals surface area contributed by atoms with Gasteiger partial charge in [0.05, 0.1) is 17.7 Å². The number of hydrogen-bond acceptors (Lipinski definition) is 4. The van der Waals surface area contributed by atoms with Crippen molar-refractivity contribution in [3.63, 3.8) is 0 Å². The van der Waals surface area contributed by atoms with Crippen molar-refractivity contribution >= 4 is 33.6 Å². The first kappa shape index (κ1) is 21.8. The van der Waals surface area contributed by atoms with Gasteiger partial charge in [-0.15, -0.1) is 0 Å². The van der Waals surface area contributed by atoms with Gasteiger partial charge in [-0.3, -0.25) is 4.79 Å². The lowest BCUT2D eigenvalue weighted by Gasteiger charge is -2.06. The summed E-state index contributed by atoms with van der Waals surface area (Å²) < 4.78 is 32.2. The number of amides is 1. The van der Waals surface area contributed by atoms with Crippen LogP contribution in [-0.2, 0) is 27.8 Å². The van der Waals surface area contributed by atoms with Gasteiger partial charge in [0.1, 0.15) is 5.76 Å². The van der Waals surface area contributed by atoms with Gasteiger partial charge in [-0.2, -0.15) is 0 Å². The first-order valence-corrected chi connectivity index (χ1v) is 11.1. The minimum atomic E-state index is -3.65. The summed E-state index contributed by atoms with van der Waals surface area (Å²) in [6.07, 6.45) is 5.23. The molecular weight excluding hydrogens is 424 g/mol. The van der Waals surface area contributed by atoms with Crippen LogP contribution in [0.15, 0.2) is 82.3 Å². The first-order chi connectivity index (χ1) is 14.4. The van der Waals surface area contributed by atoms with Crippen LogP contribution in [0.2, 0.25) is 5.02 Å². The topological polar surface area (TPSA) is 88.4 Å². The smallest absolute Gasteiger partial charge is 0.244 e. The van der Waals surface area contributed by atoms with Crippen molar-refractivity contribution < 1.29 is 17.6 Å². The summed E-state index contributed by atoms with van der Waals surface area (Å²) >= 11 is 5.85. The Balaban J connectivity index is 1.48. The van der Waals surface area contributed by atoms with Crippen LogP contribution >= 0.6 is 11.6 Å². The van der Waals surface area contributed by atoms with Crippen LogP contribution in [0.25, 0.3) is 6.08 Å². The van der Waals surface area contributed by atoms with Crippen LogP contribution < -0.4 is 10.0 Å². The van der Waals surface area contributed by atoms with Crippen molar-refractivity contribution in [1.29, 1.82) is 0 Å². The monoisotopic (exact) mass is 444 g/mol. The molecule has 2 aromatic carbocycles. The number of rotatable bonds is 9. The van der Waals surface area contributed by atoms with E-state index >= 15 is 0 Å². The lowest BCUT2D eigenvalue weighted by Crippen LogP contribution is -2.23. The van der Waals surface area contributed by atoms with Gasteiger partial charge in [0, 0.05) is 17.6 Å². The molecule has 0 unspecified atom stereocenters. The molecule has 30 heavy (non-hydrogen) atoms. The molecule has 0 saturated carbocycles. The highest BCUT2D eigenvalue weighted by molar-refractivity contribution is 7.89. The summed E-state index contributed by atoms with van der Waals surface area (Å²) in [5, 5.41) is 3.49. The Hall–Kier alpha value is -2.87. The Bertz CT molecular complexity index is 1090. The fraction of sp³-hybridized carbons (Fsp3) is 0.136. The number of carbonyl (C=O) groups excluding carboxylic acids is 1. The summed E-state index contributed by atoms with van der Waals surface area (Å²) in [7, 11) is -3.65.